The zero-order valence-corrected chi connectivity index (χ0v) is 17.9. The van der Waals surface area contributed by atoms with Crippen LogP contribution in [0.5, 0.6) is 11.8 Å². The van der Waals surface area contributed by atoms with Crippen LogP contribution in [0.3, 0.4) is 0 Å². The van der Waals surface area contributed by atoms with Crippen LogP contribution in [0.2, 0.25) is 0 Å². The van der Waals surface area contributed by atoms with Crippen molar-refractivity contribution in [1.82, 2.24) is 25.1 Å². The van der Waals surface area contributed by atoms with Crippen LogP contribution < -0.4 is 4.74 Å². The van der Waals surface area contributed by atoms with Crippen LogP contribution in [-0.2, 0) is 6.54 Å². The Morgan fingerprint density at radius 3 is 2.52 bits per heavy atom. The molecule has 1 aliphatic rings. The molecular weight excluding hydrogens is 424 g/mol. The van der Waals surface area contributed by atoms with Gasteiger partial charge >= 0.3 is 6.01 Å². The Balaban J connectivity index is 1.27. The molecule has 8 heteroatoms. The van der Waals surface area contributed by atoms with E-state index in [0.717, 1.165) is 43.7 Å². The molecule has 1 aliphatic heterocycles. The van der Waals surface area contributed by atoms with Gasteiger partial charge < -0.3 is 4.74 Å². The molecule has 0 unspecified atom stereocenters. The highest BCUT2D eigenvalue weighted by Gasteiger charge is 2.27. The van der Waals surface area contributed by atoms with Crippen molar-refractivity contribution in [2.75, 3.05) is 13.1 Å². The van der Waals surface area contributed by atoms with Crippen LogP contribution in [0, 0.1) is 11.6 Å². The number of piperidine rings is 1. The quantitative estimate of drug-likeness (QED) is 0.434. The first-order valence-electron chi connectivity index (χ1n) is 10.9. The average molecular weight is 447 g/mol. The van der Waals surface area contributed by atoms with Gasteiger partial charge in [-0.2, -0.15) is 5.10 Å². The van der Waals surface area contributed by atoms with Crippen molar-refractivity contribution in [3.63, 3.8) is 0 Å². The predicted molar refractivity (Wildman–Crippen MR) is 120 cm³/mol. The van der Waals surface area contributed by atoms with Gasteiger partial charge in [0.25, 0.3) is 0 Å². The third-order valence-corrected chi connectivity index (χ3v) is 5.90. The van der Waals surface area contributed by atoms with Crippen molar-refractivity contribution in [3.8, 4) is 22.9 Å². The second kappa shape index (κ2) is 9.46. The van der Waals surface area contributed by atoms with Gasteiger partial charge in [0.15, 0.2) is 0 Å². The van der Waals surface area contributed by atoms with Crippen molar-refractivity contribution in [2.45, 2.75) is 25.3 Å². The second-order valence-corrected chi connectivity index (χ2v) is 8.15. The number of H-pyrrole nitrogens is 1. The number of aromatic amines is 1. The SMILES string of the molecule is Fc1cccc(F)c1-c1cn[nH]c1[C@@H]1CCCN(Cc2ccc(Oc3ncccn3)cc2)C1. The van der Waals surface area contributed by atoms with E-state index in [9.17, 15) is 8.78 Å². The van der Waals surface area contributed by atoms with E-state index >= 15 is 0 Å². The van der Waals surface area contributed by atoms with Gasteiger partial charge in [-0.3, -0.25) is 10.00 Å². The van der Waals surface area contributed by atoms with Crippen molar-refractivity contribution in [3.05, 3.63) is 90.0 Å². The minimum atomic E-state index is -0.575. The Bertz CT molecular complexity index is 1190. The van der Waals surface area contributed by atoms with E-state index in [1.807, 2.05) is 24.3 Å². The van der Waals surface area contributed by atoms with Gasteiger partial charge in [-0.1, -0.05) is 18.2 Å². The lowest BCUT2D eigenvalue weighted by atomic mass is 9.90. The summed E-state index contributed by atoms with van der Waals surface area (Å²) in [5.41, 5.74) is 2.43. The Labute approximate surface area is 190 Å². The van der Waals surface area contributed by atoms with Crippen LogP contribution in [-0.4, -0.2) is 38.2 Å². The van der Waals surface area contributed by atoms with E-state index in [4.69, 9.17) is 4.74 Å². The molecule has 0 radical (unpaired) electrons. The zero-order valence-electron chi connectivity index (χ0n) is 17.9. The molecule has 33 heavy (non-hydrogen) atoms. The first-order chi connectivity index (χ1) is 16.2. The summed E-state index contributed by atoms with van der Waals surface area (Å²) in [4.78, 5) is 10.5. The van der Waals surface area contributed by atoms with E-state index in [1.54, 1.807) is 18.5 Å². The Kier molecular flexibility index (Phi) is 6.08. The van der Waals surface area contributed by atoms with Gasteiger partial charge in [0.2, 0.25) is 0 Å². The maximum atomic E-state index is 14.4. The highest BCUT2D eigenvalue weighted by atomic mass is 19.1. The van der Waals surface area contributed by atoms with Crippen LogP contribution >= 0.6 is 0 Å². The van der Waals surface area contributed by atoms with Gasteiger partial charge in [-0.05, 0) is 55.3 Å². The number of nitrogens with zero attached hydrogens (tertiary/aromatic N) is 4. The molecule has 168 valence electrons. The molecule has 3 heterocycles. The molecule has 6 nitrogen and oxygen atoms in total. The molecular formula is C25H23F2N5O. The summed E-state index contributed by atoms with van der Waals surface area (Å²) in [5.74, 6) is -0.356. The smallest absolute Gasteiger partial charge is 0.321 e. The fourth-order valence-electron chi connectivity index (χ4n) is 4.36. The molecule has 0 aliphatic carbocycles. The first-order valence-corrected chi connectivity index (χ1v) is 10.9. The topological polar surface area (TPSA) is 66.9 Å². The monoisotopic (exact) mass is 447 g/mol. The summed E-state index contributed by atoms with van der Waals surface area (Å²) >= 11 is 0. The van der Waals surface area contributed by atoms with Crippen LogP contribution in [0.4, 0.5) is 8.78 Å². The molecule has 1 N–H and O–H groups in total. The number of halogens is 2. The molecule has 0 saturated carbocycles. The molecule has 0 bridgehead atoms. The number of hydrogen-bond donors (Lipinski definition) is 1. The van der Waals surface area contributed by atoms with Crippen LogP contribution in [0.1, 0.15) is 30.0 Å². The number of ether oxygens (including phenoxy) is 1. The fourth-order valence-corrected chi connectivity index (χ4v) is 4.36. The molecule has 4 aromatic rings. The lowest BCUT2D eigenvalue weighted by molar-refractivity contribution is 0.198. The highest BCUT2D eigenvalue weighted by molar-refractivity contribution is 5.67. The Hall–Kier alpha value is -3.65. The Morgan fingerprint density at radius 1 is 1.00 bits per heavy atom. The van der Waals surface area contributed by atoms with Gasteiger partial charge in [0, 0.05) is 42.7 Å². The van der Waals surface area contributed by atoms with Crippen molar-refractivity contribution in [2.24, 2.45) is 0 Å². The van der Waals surface area contributed by atoms with Crippen molar-refractivity contribution in [1.29, 1.82) is 0 Å². The predicted octanol–water partition coefficient (Wildman–Crippen LogP) is 5.32. The summed E-state index contributed by atoms with van der Waals surface area (Å²) < 4.78 is 34.4. The molecule has 2 aromatic carbocycles. The van der Waals surface area contributed by atoms with Crippen molar-refractivity contribution < 1.29 is 13.5 Å². The normalized spacial score (nSPS) is 16.6. The fraction of sp³-hybridized carbons (Fsp3) is 0.240. The minimum Gasteiger partial charge on any atom is -0.424 e. The largest absolute Gasteiger partial charge is 0.424 e. The van der Waals surface area contributed by atoms with Gasteiger partial charge in [0.1, 0.15) is 17.4 Å². The number of likely N-dealkylation sites (tertiary alicyclic amines) is 1. The van der Waals surface area contributed by atoms with Crippen LogP contribution in [0.25, 0.3) is 11.1 Å². The number of hydrogen-bond acceptors (Lipinski definition) is 5. The molecule has 1 saturated heterocycles. The first kappa shape index (κ1) is 21.2. The third-order valence-electron chi connectivity index (χ3n) is 5.90. The summed E-state index contributed by atoms with van der Waals surface area (Å²) in [5, 5.41) is 7.11. The molecule has 0 spiro atoms. The third kappa shape index (κ3) is 4.75. The molecule has 0 amide bonds. The summed E-state index contributed by atoms with van der Waals surface area (Å²) in [7, 11) is 0. The van der Waals surface area contributed by atoms with E-state index in [0.29, 0.717) is 17.3 Å². The van der Waals surface area contributed by atoms with Gasteiger partial charge in [0.05, 0.1) is 11.8 Å². The lowest BCUT2D eigenvalue weighted by Gasteiger charge is -2.32. The number of aromatic nitrogens is 4. The van der Waals surface area contributed by atoms with Crippen molar-refractivity contribution >= 4 is 0 Å². The summed E-state index contributed by atoms with van der Waals surface area (Å²) in [6, 6.07) is 13.8. The molecule has 1 atom stereocenters. The zero-order chi connectivity index (χ0) is 22.6. The van der Waals surface area contributed by atoms with Crippen LogP contribution in [0.15, 0.2) is 67.1 Å². The molecule has 1 fully saturated rings. The lowest BCUT2D eigenvalue weighted by Crippen LogP contribution is -2.34. The van der Waals surface area contributed by atoms with Gasteiger partial charge in [-0.15, -0.1) is 0 Å². The molecule has 2 aromatic heterocycles. The summed E-state index contributed by atoms with van der Waals surface area (Å²) in [6.07, 6.45) is 6.72. The maximum absolute atomic E-state index is 14.4. The maximum Gasteiger partial charge on any atom is 0.321 e. The minimum absolute atomic E-state index is 0.0173. The highest BCUT2D eigenvalue weighted by Crippen LogP contribution is 2.35. The molecule has 5 rings (SSSR count). The van der Waals surface area contributed by atoms with E-state index in [2.05, 4.69) is 25.1 Å². The number of rotatable bonds is 6. The van der Waals surface area contributed by atoms with E-state index in [-0.39, 0.29) is 11.5 Å². The standard InChI is InChI=1S/C25H23F2N5O/c26-21-5-1-6-22(27)23(21)20-14-30-31-24(20)18-4-2-13-32(16-18)15-17-7-9-19(10-8-17)33-25-28-11-3-12-29-25/h1,3,5-12,14,18H,2,4,13,15-16H2,(H,30,31)/t18-/m1/s1. The number of benzene rings is 2. The second-order valence-electron chi connectivity index (χ2n) is 8.15. The van der Waals surface area contributed by atoms with Gasteiger partial charge in [-0.25, -0.2) is 18.7 Å². The number of nitrogens with one attached hydrogen (secondary N) is 1. The van der Waals surface area contributed by atoms with E-state index in [1.165, 1.54) is 24.4 Å². The summed E-state index contributed by atoms with van der Waals surface area (Å²) in [6.45, 7) is 2.52. The van der Waals surface area contributed by atoms with E-state index < -0.39 is 11.6 Å². The average Bonchev–Trinajstić information content (AvgIpc) is 3.31. The Morgan fingerprint density at radius 2 is 1.76 bits per heavy atom.